The van der Waals surface area contributed by atoms with E-state index in [-0.39, 0.29) is 6.61 Å². The molecule has 2 nitrogen and oxygen atoms in total. The molecule has 21 heavy (non-hydrogen) atoms. The third-order valence-corrected chi connectivity index (χ3v) is 3.48. The molecule has 2 aromatic rings. The zero-order valence-corrected chi connectivity index (χ0v) is 13.6. The highest BCUT2D eigenvalue weighted by Gasteiger charge is 2.03. The molecule has 0 saturated carbocycles. The predicted molar refractivity (Wildman–Crippen MR) is 91.6 cm³/mol. The van der Waals surface area contributed by atoms with Crippen LogP contribution < -0.4 is 4.74 Å². The molecule has 0 fully saturated rings. The fraction of sp³-hybridized carbons (Fsp3) is 0.167. The van der Waals surface area contributed by atoms with Crippen LogP contribution >= 0.6 is 15.9 Å². The van der Waals surface area contributed by atoms with Crippen molar-refractivity contribution in [1.29, 1.82) is 0 Å². The molecule has 0 bridgehead atoms. The number of nitrogens with zero attached hydrogens (tertiary/aromatic N) is 1. The summed E-state index contributed by atoms with van der Waals surface area (Å²) in [7, 11) is 0. The van der Waals surface area contributed by atoms with Gasteiger partial charge in [-0.1, -0.05) is 34.0 Å². The highest BCUT2D eigenvalue weighted by Crippen LogP contribution is 2.24. The Morgan fingerprint density at radius 1 is 1.24 bits per heavy atom. The minimum absolute atomic E-state index is 0.242. The highest BCUT2D eigenvalue weighted by molar-refractivity contribution is 9.10. The first kappa shape index (κ1) is 15.3. The fourth-order valence-corrected chi connectivity index (χ4v) is 2.25. The van der Waals surface area contributed by atoms with Crippen molar-refractivity contribution in [2.45, 2.75) is 13.8 Å². The standard InChI is InChI=1S/C18H16BrNO/c1-4-9-21-18-8-7-16(19)11-15(18)12-20-17-10-13(2)5-6-14(17)3/h1,5-8,10-12H,9H2,2-3H3. The van der Waals surface area contributed by atoms with Gasteiger partial charge in [0.05, 0.1) is 5.69 Å². The van der Waals surface area contributed by atoms with Crippen molar-refractivity contribution in [1.82, 2.24) is 0 Å². The maximum absolute atomic E-state index is 5.54. The van der Waals surface area contributed by atoms with Crippen LogP contribution in [0.2, 0.25) is 0 Å². The van der Waals surface area contributed by atoms with Gasteiger partial charge in [0.1, 0.15) is 12.4 Å². The van der Waals surface area contributed by atoms with Gasteiger partial charge in [-0.15, -0.1) is 6.42 Å². The molecule has 0 saturated heterocycles. The van der Waals surface area contributed by atoms with E-state index in [1.54, 1.807) is 6.21 Å². The lowest BCUT2D eigenvalue weighted by Gasteiger charge is -2.07. The maximum Gasteiger partial charge on any atom is 0.148 e. The van der Waals surface area contributed by atoms with Crippen molar-refractivity contribution in [3.8, 4) is 18.1 Å². The molecule has 0 amide bonds. The second-order valence-electron chi connectivity index (χ2n) is 4.72. The molecular weight excluding hydrogens is 326 g/mol. The van der Waals surface area contributed by atoms with Gasteiger partial charge in [-0.05, 0) is 49.2 Å². The Labute approximate surface area is 134 Å². The van der Waals surface area contributed by atoms with Crippen molar-refractivity contribution < 1.29 is 4.74 Å². The van der Waals surface area contributed by atoms with E-state index in [1.807, 2.05) is 25.1 Å². The summed E-state index contributed by atoms with van der Waals surface area (Å²) in [5.41, 5.74) is 4.17. The summed E-state index contributed by atoms with van der Waals surface area (Å²) >= 11 is 3.46. The predicted octanol–water partition coefficient (Wildman–Crippen LogP) is 4.83. The molecule has 0 unspecified atom stereocenters. The number of aryl methyl sites for hydroxylation is 2. The third kappa shape index (κ3) is 4.21. The van der Waals surface area contributed by atoms with Gasteiger partial charge in [0.25, 0.3) is 0 Å². The van der Waals surface area contributed by atoms with Crippen LogP contribution in [0.5, 0.6) is 5.75 Å². The maximum atomic E-state index is 5.54. The van der Waals surface area contributed by atoms with E-state index in [0.717, 1.165) is 27.0 Å². The summed E-state index contributed by atoms with van der Waals surface area (Å²) in [6.45, 7) is 4.34. The van der Waals surface area contributed by atoms with Crippen LogP contribution in [0.3, 0.4) is 0 Å². The summed E-state index contributed by atoms with van der Waals surface area (Å²) in [6.07, 6.45) is 7.04. The average Bonchev–Trinajstić information content (AvgIpc) is 2.47. The summed E-state index contributed by atoms with van der Waals surface area (Å²) < 4.78 is 6.51. The number of rotatable bonds is 4. The van der Waals surface area contributed by atoms with Crippen LogP contribution in [-0.2, 0) is 0 Å². The molecule has 0 heterocycles. The molecular formula is C18H16BrNO. The van der Waals surface area contributed by atoms with E-state index in [4.69, 9.17) is 11.2 Å². The van der Waals surface area contributed by atoms with Crippen molar-refractivity contribution in [3.05, 3.63) is 57.6 Å². The molecule has 0 radical (unpaired) electrons. The van der Waals surface area contributed by atoms with Gasteiger partial charge < -0.3 is 4.74 Å². The van der Waals surface area contributed by atoms with Crippen LogP contribution in [-0.4, -0.2) is 12.8 Å². The highest BCUT2D eigenvalue weighted by atomic mass is 79.9. The second kappa shape index (κ2) is 7.10. The van der Waals surface area contributed by atoms with Gasteiger partial charge in [-0.25, -0.2) is 0 Å². The van der Waals surface area contributed by atoms with E-state index >= 15 is 0 Å². The third-order valence-electron chi connectivity index (χ3n) is 2.99. The Balaban J connectivity index is 2.33. The first-order chi connectivity index (χ1) is 10.1. The smallest absolute Gasteiger partial charge is 0.148 e. The minimum atomic E-state index is 0.242. The topological polar surface area (TPSA) is 21.6 Å². The van der Waals surface area contributed by atoms with Crippen molar-refractivity contribution in [2.75, 3.05) is 6.61 Å². The summed E-state index contributed by atoms with van der Waals surface area (Å²) in [5, 5.41) is 0. The van der Waals surface area contributed by atoms with Crippen molar-refractivity contribution in [3.63, 3.8) is 0 Å². The SMILES string of the molecule is C#CCOc1ccc(Br)cc1C=Nc1cc(C)ccc1C. The van der Waals surface area contributed by atoms with Gasteiger partial charge in [0, 0.05) is 16.3 Å². The molecule has 0 aliphatic heterocycles. The fourth-order valence-electron chi connectivity index (χ4n) is 1.87. The molecule has 0 spiro atoms. The molecule has 0 aliphatic rings. The monoisotopic (exact) mass is 341 g/mol. The van der Waals surface area contributed by atoms with Gasteiger partial charge >= 0.3 is 0 Å². The normalized spacial score (nSPS) is 10.6. The molecule has 0 atom stereocenters. The van der Waals surface area contributed by atoms with Crippen LogP contribution in [0.4, 0.5) is 5.69 Å². The molecule has 0 N–H and O–H groups in total. The lowest BCUT2D eigenvalue weighted by atomic mass is 10.1. The van der Waals surface area contributed by atoms with Gasteiger partial charge in [0.15, 0.2) is 0 Å². The van der Waals surface area contributed by atoms with Crippen LogP contribution in [0, 0.1) is 26.2 Å². The Bertz CT molecular complexity index is 714. The Hall–Kier alpha value is -2.05. The largest absolute Gasteiger partial charge is 0.480 e. The first-order valence-corrected chi connectivity index (χ1v) is 7.36. The number of aliphatic imine (C=N–C) groups is 1. The van der Waals surface area contributed by atoms with E-state index < -0.39 is 0 Å². The van der Waals surface area contributed by atoms with Crippen LogP contribution in [0.1, 0.15) is 16.7 Å². The number of benzene rings is 2. The molecule has 0 aliphatic carbocycles. The number of hydrogen-bond donors (Lipinski definition) is 0. The number of terminal acetylenes is 1. The Kier molecular flexibility index (Phi) is 5.19. The van der Waals surface area contributed by atoms with E-state index in [0.29, 0.717) is 0 Å². The molecule has 0 aromatic heterocycles. The Morgan fingerprint density at radius 2 is 2.05 bits per heavy atom. The molecule has 2 rings (SSSR count). The average molecular weight is 342 g/mol. The minimum Gasteiger partial charge on any atom is -0.480 e. The van der Waals surface area contributed by atoms with Gasteiger partial charge in [-0.2, -0.15) is 0 Å². The number of halogens is 1. The Morgan fingerprint density at radius 3 is 2.81 bits per heavy atom. The lowest BCUT2D eigenvalue weighted by Crippen LogP contribution is -1.97. The van der Waals surface area contributed by atoms with Crippen LogP contribution in [0.15, 0.2) is 45.9 Å². The van der Waals surface area contributed by atoms with Gasteiger partial charge in [-0.3, -0.25) is 4.99 Å². The molecule has 106 valence electrons. The van der Waals surface area contributed by atoms with E-state index in [9.17, 15) is 0 Å². The van der Waals surface area contributed by atoms with E-state index in [2.05, 4.69) is 52.0 Å². The van der Waals surface area contributed by atoms with E-state index in [1.165, 1.54) is 5.56 Å². The summed E-state index contributed by atoms with van der Waals surface area (Å²) in [6, 6.07) is 12.0. The first-order valence-electron chi connectivity index (χ1n) is 6.57. The lowest BCUT2D eigenvalue weighted by molar-refractivity contribution is 0.370. The zero-order valence-electron chi connectivity index (χ0n) is 12.1. The summed E-state index contributed by atoms with van der Waals surface area (Å²) in [4.78, 5) is 4.57. The zero-order chi connectivity index (χ0) is 15.2. The second-order valence-corrected chi connectivity index (χ2v) is 5.64. The number of ether oxygens (including phenoxy) is 1. The molecule has 3 heteroatoms. The van der Waals surface area contributed by atoms with Gasteiger partial charge in [0.2, 0.25) is 0 Å². The van der Waals surface area contributed by atoms with Crippen molar-refractivity contribution >= 4 is 27.8 Å². The molecule has 2 aromatic carbocycles. The summed E-state index contributed by atoms with van der Waals surface area (Å²) in [5.74, 6) is 3.20. The quantitative estimate of drug-likeness (QED) is 0.576. The van der Waals surface area contributed by atoms with Crippen molar-refractivity contribution in [2.24, 2.45) is 4.99 Å². The number of hydrogen-bond acceptors (Lipinski definition) is 2. The van der Waals surface area contributed by atoms with Crippen LogP contribution in [0.25, 0.3) is 0 Å².